The van der Waals surface area contributed by atoms with Crippen molar-refractivity contribution in [3.63, 3.8) is 0 Å². The number of hydrogen-bond donors (Lipinski definition) is 0. The standard InChI is InChI=1S/C22H14F2N4/c1-3-14-7-4-5-8-16(14)19-12-11-15(13-25-19)22-26-21(27-28(22)2)20-17(23)9-6-10-18(20)24/h1,4-13H,2H3. The fourth-order valence-electron chi connectivity index (χ4n) is 2.97. The molecule has 2 heterocycles. The molecule has 0 fully saturated rings. The number of aromatic nitrogens is 4. The van der Waals surface area contributed by atoms with Gasteiger partial charge >= 0.3 is 0 Å². The minimum atomic E-state index is -0.712. The maximum absolute atomic E-state index is 14.0. The van der Waals surface area contributed by atoms with Crippen molar-refractivity contribution in [2.45, 2.75) is 0 Å². The summed E-state index contributed by atoms with van der Waals surface area (Å²) in [4.78, 5) is 8.77. The molecular formula is C22H14F2N4. The molecule has 2 aromatic carbocycles. The van der Waals surface area contributed by atoms with E-state index in [2.05, 4.69) is 21.0 Å². The van der Waals surface area contributed by atoms with Crippen LogP contribution in [0, 0.1) is 24.0 Å². The molecular weight excluding hydrogens is 358 g/mol. The Labute approximate surface area is 160 Å². The Morgan fingerprint density at radius 2 is 1.71 bits per heavy atom. The zero-order valence-electron chi connectivity index (χ0n) is 14.9. The van der Waals surface area contributed by atoms with E-state index in [1.165, 1.54) is 22.9 Å². The first kappa shape index (κ1) is 17.6. The zero-order valence-corrected chi connectivity index (χ0v) is 14.9. The van der Waals surface area contributed by atoms with Gasteiger partial charge in [0.25, 0.3) is 0 Å². The average molecular weight is 372 g/mol. The molecule has 0 unspecified atom stereocenters. The molecule has 4 rings (SSSR count). The zero-order chi connectivity index (χ0) is 19.7. The third-order valence-corrected chi connectivity index (χ3v) is 4.33. The lowest BCUT2D eigenvalue weighted by atomic mass is 10.0. The molecule has 0 atom stereocenters. The van der Waals surface area contributed by atoms with Crippen molar-refractivity contribution in [1.29, 1.82) is 0 Å². The largest absolute Gasteiger partial charge is 0.255 e. The number of benzene rings is 2. The molecule has 0 amide bonds. The summed E-state index contributed by atoms with van der Waals surface area (Å²) in [6.07, 6.45) is 7.18. The van der Waals surface area contributed by atoms with Gasteiger partial charge in [0.1, 0.15) is 11.6 Å². The van der Waals surface area contributed by atoms with Crippen molar-refractivity contribution in [3.8, 4) is 46.4 Å². The van der Waals surface area contributed by atoms with Gasteiger partial charge in [0, 0.05) is 29.9 Å². The predicted octanol–water partition coefficient (Wildman–Crippen LogP) is 4.47. The maximum atomic E-state index is 14.0. The Balaban J connectivity index is 1.73. The SMILES string of the molecule is C#Cc1ccccc1-c1ccc(-c2nc(-c3c(F)cccc3F)nn2C)cn1. The summed E-state index contributed by atoms with van der Waals surface area (Å²) in [5, 5.41) is 4.16. The predicted molar refractivity (Wildman–Crippen MR) is 103 cm³/mol. The first-order valence-electron chi connectivity index (χ1n) is 8.46. The van der Waals surface area contributed by atoms with Crippen LogP contribution in [0.1, 0.15) is 5.56 Å². The molecule has 0 radical (unpaired) electrons. The van der Waals surface area contributed by atoms with Gasteiger partial charge in [0.05, 0.1) is 11.3 Å². The van der Waals surface area contributed by atoms with Crippen molar-refractivity contribution in [2.24, 2.45) is 7.05 Å². The second kappa shape index (κ2) is 7.05. The molecule has 0 aliphatic rings. The van der Waals surface area contributed by atoms with Gasteiger partial charge in [-0.2, -0.15) is 5.10 Å². The van der Waals surface area contributed by atoms with Crippen LogP contribution < -0.4 is 0 Å². The number of aryl methyl sites for hydroxylation is 1. The molecule has 28 heavy (non-hydrogen) atoms. The van der Waals surface area contributed by atoms with E-state index in [-0.39, 0.29) is 11.4 Å². The Morgan fingerprint density at radius 3 is 2.39 bits per heavy atom. The first-order chi connectivity index (χ1) is 13.6. The second-order valence-corrected chi connectivity index (χ2v) is 6.10. The van der Waals surface area contributed by atoms with Gasteiger partial charge < -0.3 is 0 Å². The van der Waals surface area contributed by atoms with Crippen LogP contribution >= 0.6 is 0 Å². The molecule has 0 saturated carbocycles. The summed E-state index contributed by atoms with van der Waals surface area (Å²) >= 11 is 0. The molecule has 4 aromatic rings. The summed E-state index contributed by atoms with van der Waals surface area (Å²) in [5.41, 5.74) is 2.74. The van der Waals surface area contributed by atoms with Crippen molar-refractivity contribution in [2.75, 3.05) is 0 Å². The summed E-state index contributed by atoms with van der Waals surface area (Å²) in [6, 6.07) is 14.8. The molecule has 0 N–H and O–H groups in total. The van der Waals surface area contributed by atoms with E-state index in [9.17, 15) is 8.78 Å². The monoisotopic (exact) mass is 372 g/mol. The van der Waals surface area contributed by atoms with E-state index in [0.29, 0.717) is 11.4 Å². The van der Waals surface area contributed by atoms with E-state index < -0.39 is 11.6 Å². The van der Waals surface area contributed by atoms with Gasteiger partial charge in [0.15, 0.2) is 11.6 Å². The quantitative estimate of drug-likeness (QED) is 0.499. The topological polar surface area (TPSA) is 43.6 Å². The summed E-state index contributed by atoms with van der Waals surface area (Å²) in [6.45, 7) is 0. The molecule has 4 nitrogen and oxygen atoms in total. The minimum Gasteiger partial charge on any atom is -0.255 e. The van der Waals surface area contributed by atoms with E-state index in [1.54, 1.807) is 13.2 Å². The van der Waals surface area contributed by atoms with Crippen molar-refractivity contribution in [1.82, 2.24) is 19.7 Å². The number of terminal acetylenes is 1. The smallest absolute Gasteiger partial charge is 0.187 e. The van der Waals surface area contributed by atoms with Crippen LogP contribution in [-0.4, -0.2) is 19.7 Å². The summed E-state index contributed by atoms with van der Waals surface area (Å²) in [7, 11) is 1.66. The molecule has 0 saturated heterocycles. The van der Waals surface area contributed by atoms with Crippen molar-refractivity contribution in [3.05, 3.63) is 78.0 Å². The van der Waals surface area contributed by atoms with Gasteiger partial charge in [-0.05, 0) is 30.3 Å². The molecule has 0 aliphatic heterocycles. The lowest BCUT2D eigenvalue weighted by molar-refractivity contribution is 0.587. The van der Waals surface area contributed by atoms with Crippen LogP contribution in [-0.2, 0) is 7.05 Å². The van der Waals surface area contributed by atoms with Crippen LogP contribution in [0.15, 0.2) is 60.8 Å². The fraction of sp³-hybridized carbons (Fsp3) is 0.0455. The minimum absolute atomic E-state index is 0.0187. The third kappa shape index (κ3) is 3.03. The highest BCUT2D eigenvalue weighted by molar-refractivity contribution is 5.70. The van der Waals surface area contributed by atoms with E-state index in [4.69, 9.17) is 6.42 Å². The highest BCUT2D eigenvalue weighted by atomic mass is 19.1. The van der Waals surface area contributed by atoms with Crippen LogP contribution in [0.4, 0.5) is 8.78 Å². The van der Waals surface area contributed by atoms with Crippen LogP contribution in [0.5, 0.6) is 0 Å². The number of rotatable bonds is 3. The first-order valence-corrected chi connectivity index (χ1v) is 8.46. The third-order valence-electron chi connectivity index (χ3n) is 4.33. The Morgan fingerprint density at radius 1 is 0.964 bits per heavy atom. The number of nitrogens with zero attached hydrogens (tertiary/aromatic N) is 4. The van der Waals surface area contributed by atoms with Crippen molar-refractivity contribution < 1.29 is 8.78 Å². The lowest BCUT2D eigenvalue weighted by Crippen LogP contribution is -1.96. The molecule has 136 valence electrons. The van der Waals surface area contributed by atoms with Gasteiger partial charge in [-0.15, -0.1) is 6.42 Å². The highest BCUT2D eigenvalue weighted by Gasteiger charge is 2.18. The van der Waals surface area contributed by atoms with E-state index in [0.717, 1.165) is 16.8 Å². The fourth-order valence-corrected chi connectivity index (χ4v) is 2.97. The average Bonchev–Trinajstić information content (AvgIpc) is 3.09. The highest BCUT2D eigenvalue weighted by Crippen LogP contribution is 2.27. The van der Waals surface area contributed by atoms with Gasteiger partial charge in [-0.3, -0.25) is 4.98 Å². The second-order valence-electron chi connectivity index (χ2n) is 6.10. The van der Waals surface area contributed by atoms with Crippen molar-refractivity contribution >= 4 is 0 Å². The molecule has 6 heteroatoms. The summed E-state index contributed by atoms with van der Waals surface area (Å²) < 4.78 is 29.5. The van der Waals surface area contributed by atoms with Gasteiger partial charge in [-0.1, -0.05) is 30.2 Å². The van der Waals surface area contributed by atoms with Crippen LogP contribution in [0.3, 0.4) is 0 Å². The Hall–Kier alpha value is -3.85. The molecule has 0 spiro atoms. The van der Waals surface area contributed by atoms with Gasteiger partial charge in [0.2, 0.25) is 0 Å². The van der Waals surface area contributed by atoms with Crippen LogP contribution in [0.2, 0.25) is 0 Å². The normalized spacial score (nSPS) is 10.6. The Kier molecular flexibility index (Phi) is 4.42. The molecule has 0 bridgehead atoms. The molecule has 0 aliphatic carbocycles. The maximum Gasteiger partial charge on any atom is 0.187 e. The van der Waals surface area contributed by atoms with Crippen LogP contribution in [0.25, 0.3) is 34.0 Å². The number of pyridine rings is 1. The van der Waals surface area contributed by atoms with E-state index in [1.807, 2.05) is 36.4 Å². The summed E-state index contributed by atoms with van der Waals surface area (Å²) in [5.74, 6) is 1.65. The van der Waals surface area contributed by atoms with E-state index >= 15 is 0 Å². The van der Waals surface area contributed by atoms with Gasteiger partial charge in [-0.25, -0.2) is 18.4 Å². The Bertz CT molecular complexity index is 1180. The molecule has 2 aromatic heterocycles. The lowest BCUT2D eigenvalue weighted by Gasteiger charge is -2.05. The number of hydrogen-bond acceptors (Lipinski definition) is 3. The number of halogens is 2.